The normalized spacial score (nSPS) is 16.9. The molecule has 0 fully saturated rings. The zero-order chi connectivity index (χ0) is 10.5. The molecule has 1 heterocycles. The quantitative estimate of drug-likeness (QED) is 0.628. The number of furan rings is 1. The van der Waals surface area contributed by atoms with E-state index >= 15 is 0 Å². The summed E-state index contributed by atoms with van der Waals surface area (Å²) in [5.74, 6) is 1.06. The lowest BCUT2D eigenvalue weighted by Crippen LogP contribution is -2.24. The number of hydrogen-bond donors (Lipinski definition) is 0. The summed E-state index contributed by atoms with van der Waals surface area (Å²) >= 11 is 0. The van der Waals surface area contributed by atoms with Gasteiger partial charge in [-0.3, -0.25) is 0 Å². The van der Waals surface area contributed by atoms with Crippen LogP contribution < -0.4 is 0 Å². The van der Waals surface area contributed by atoms with E-state index in [1.165, 1.54) is 16.7 Å². The Morgan fingerprint density at radius 2 is 1.93 bits per heavy atom. The third-order valence-electron chi connectivity index (χ3n) is 3.29. The van der Waals surface area contributed by atoms with Crippen molar-refractivity contribution in [1.82, 2.24) is 0 Å². The molecule has 0 N–H and O–H groups in total. The van der Waals surface area contributed by atoms with E-state index in [4.69, 9.17) is 4.42 Å². The molecule has 1 aliphatic carbocycles. The molecule has 1 nitrogen and oxygen atoms in total. The van der Waals surface area contributed by atoms with Crippen LogP contribution in [0.1, 0.15) is 25.0 Å². The maximum absolute atomic E-state index is 5.62. The lowest BCUT2D eigenvalue weighted by Gasteiger charge is -2.30. The Hall–Kier alpha value is -1.50. The zero-order valence-electron chi connectivity index (χ0n) is 9.08. The van der Waals surface area contributed by atoms with Crippen molar-refractivity contribution in [2.24, 2.45) is 0 Å². The first kappa shape index (κ1) is 8.78. The second-order valence-electron chi connectivity index (χ2n) is 4.88. The molecule has 0 unspecified atom stereocenters. The van der Waals surface area contributed by atoms with Gasteiger partial charge in [0.05, 0.1) is 6.26 Å². The Morgan fingerprint density at radius 1 is 1.13 bits per heavy atom. The first-order valence-corrected chi connectivity index (χ1v) is 5.35. The Kier molecular flexibility index (Phi) is 1.61. The maximum atomic E-state index is 5.62. The molecule has 0 amide bonds. The topological polar surface area (TPSA) is 13.1 Å². The standard InChI is InChI=1S/C14H14O/c1-14(2)9-10-5-3-4-6-11(10)13-12(14)7-8-15-13/h3-8H,9H2,1-2H3. The molecular weight excluding hydrogens is 184 g/mol. The highest BCUT2D eigenvalue weighted by Crippen LogP contribution is 2.43. The van der Waals surface area contributed by atoms with Crippen molar-refractivity contribution in [3.63, 3.8) is 0 Å². The van der Waals surface area contributed by atoms with Crippen molar-refractivity contribution in [3.05, 3.63) is 47.7 Å². The SMILES string of the molecule is CC1(C)Cc2ccccc2-c2occc21. The molecule has 76 valence electrons. The Labute approximate surface area is 89.7 Å². The molecule has 0 radical (unpaired) electrons. The van der Waals surface area contributed by atoms with E-state index in [-0.39, 0.29) is 5.41 Å². The summed E-state index contributed by atoms with van der Waals surface area (Å²) in [5.41, 5.74) is 4.18. The minimum absolute atomic E-state index is 0.191. The van der Waals surface area contributed by atoms with Gasteiger partial charge in [-0.15, -0.1) is 0 Å². The molecule has 0 aliphatic heterocycles. The first-order valence-electron chi connectivity index (χ1n) is 5.35. The number of rotatable bonds is 0. The van der Waals surface area contributed by atoms with Gasteiger partial charge >= 0.3 is 0 Å². The van der Waals surface area contributed by atoms with Crippen LogP contribution in [0.15, 0.2) is 41.0 Å². The molecule has 3 rings (SSSR count). The minimum atomic E-state index is 0.191. The highest BCUT2D eigenvalue weighted by molar-refractivity contribution is 5.70. The largest absolute Gasteiger partial charge is 0.464 e. The van der Waals surface area contributed by atoms with E-state index in [0.717, 1.165) is 12.2 Å². The molecule has 2 aromatic rings. The summed E-state index contributed by atoms with van der Waals surface area (Å²) in [6.07, 6.45) is 2.89. The van der Waals surface area contributed by atoms with Crippen molar-refractivity contribution in [2.75, 3.05) is 0 Å². The smallest absolute Gasteiger partial charge is 0.137 e. The first-order chi connectivity index (χ1) is 7.18. The fourth-order valence-corrected chi connectivity index (χ4v) is 2.52. The Balaban J connectivity index is 2.32. The van der Waals surface area contributed by atoms with Crippen LogP contribution in [0, 0.1) is 0 Å². The Bertz CT molecular complexity index is 506. The van der Waals surface area contributed by atoms with Gasteiger partial charge in [0.2, 0.25) is 0 Å². The van der Waals surface area contributed by atoms with Crippen molar-refractivity contribution in [1.29, 1.82) is 0 Å². The molecule has 0 saturated heterocycles. The van der Waals surface area contributed by atoms with Gasteiger partial charge < -0.3 is 4.42 Å². The van der Waals surface area contributed by atoms with Gasteiger partial charge in [-0.25, -0.2) is 0 Å². The third kappa shape index (κ3) is 1.16. The van der Waals surface area contributed by atoms with Crippen molar-refractivity contribution in [2.45, 2.75) is 25.7 Å². The van der Waals surface area contributed by atoms with Crippen LogP contribution in [0.3, 0.4) is 0 Å². The van der Waals surface area contributed by atoms with Crippen LogP contribution in [-0.4, -0.2) is 0 Å². The summed E-state index contributed by atoms with van der Waals surface area (Å²) in [5, 5.41) is 0. The fraction of sp³-hybridized carbons (Fsp3) is 0.286. The second kappa shape index (κ2) is 2.75. The van der Waals surface area contributed by atoms with E-state index in [1.807, 2.05) is 0 Å². The zero-order valence-corrected chi connectivity index (χ0v) is 9.08. The third-order valence-corrected chi connectivity index (χ3v) is 3.29. The average Bonchev–Trinajstić information content (AvgIpc) is 2.66. The van der Waals surface area contributed by atoms with Crippen LogP contribution in [0.2, 0.25) is 0 Å². The summed E-state index contributed by atoms with van der Waals surface area (Å²) < 4.78 is 5.62. The van der Waals surface area contributed by atoms with Crippen LogP contribution >= 0.6 is 0 Å². The molecule has 1 heteroatoms. The average molecular weight is 198 g/mol. The van der Waals surface area contributed by atoms with Crippen molar-refractivity contribution < 1.29 is 4.42 Å². The predicted molar refractivity (Wildman–Crippen MR) is 60.9 cm³/mol. The van der Waals surface area contributed by atoms with Gasteiger partial charge in [0.15, 0.2) is 0 Å². The summed E-state index contributed by atoms with van der Waals surface area (Å²) in [4.78, 5) is 0. The van der Waals surface area contributed by atoms with Crippen LogP contribution in [0.5, 0.6) is 0 Å². The fourth-order valence-electron chi connectivity index (χ4n) is 2.52. The molecule has 0 spiro atoms. The lowest BCUT2D eigenvalue weighted by atomic mass is 9.73. The van der Waals surface area contributed by atoms with E-state index < -0.39 is 0 Å². The van der Waals surface area contributed by atoms with Crippen molar-refractivity contribution in [3.8, 4) is 11.3 Å². The van der Waals surface area contributed by atoms with Gasteiger partial charge in [0.25, 0.3) is 0 Å². The summed E-state index contributed by atoms with van der Waals surface area (Å²) in [6.45, 7) is 4.55. The highest BCUT2D eigenvalue weighted by atomic mass is 16.3. The maximum Gasteiger partial charge on any atom is 0.137 e. The van der Waals surface area contributed by atoms with Crippen molar-refractivity contribution >= 4 is 0 Å². The van der Waals surface area contributed by atoms with Gasteiger partial charge in [-0.2, -0.15) is 0 Å². The molecule has 1 aromatic carbocycles. The van der Waals surface area contributed by atoms with Gasteiger partial charge in [0.1, 0.15) is 5.76 Å². The molecule has 0 saturated carbocycles. The highest BCUT2D eigenvalue weighted by Gasteiger charge is 2.32. The van der Waals surface area contributed by atoms with Crippen LogP contribution in [-0.2, 0) is 11.8 Å². The molecule has 0 atom stereocenters. The van der Waals surface area contributed by atoms with Gasteiger partial charge in [-0.1, -0.05) is 38.1 Å². The summed E-state index contributed by atoms with van der Waals surface area (Å²) in [7, 11) is 0. The van der Waals surface area contributed by atoms with E-state index in [2.05, 4.69) is 44.2 Å². The second-order valence-corrected chi connectivity index (χ2v) is 4.88. The molecule has 15 heavy (non-hydrogen) atoms. The van der Waals surface area contributed by atoms with Gasteiger partial charge in [-0.05, 0) is 23.5 Å². The monoisotopic (exact) mass is 198 g/mol. The molecular formula is C14H14O. The van der Waals surface area contributed by atoms with E-state index in [9.17, 15) is 0 Å². The Morgan fingerprint density at radius 3 is 2.80 bits per heavy atom. The lowest BCUT2D eigenvalue weighted by molar-refractivity contribution is 0.496. The van der Waals surface area contributed by atoms with E-state index in [0.29, 0.717) is 0 Å². The molecule has 1 aliphatic rings. The summed E-state index contributed by atoms with van der Waals surface area (Å²) in [6, 6.07) is 10.6. The van der Waals surface area contributed by atoms with Gasteiger partial charge in [0, 0.05) is 11.1 Å². The predicted octanol–water partition coefficient (Wildman–Crippen LogP) is 3.78. The molecule has 1 aromatic heterocycles. The number of benzene rings is 1. The number of hydrogen-bond acceptors (Lipinski definition) is 1. The van der Waals surface area contributed by atoms with Crippen LogP contribution in [0.4, 0.5) is 0 Å². The minimum Gasteiger partial charge on any atom is -0.464 e. The van der Waals surface area contributed by atoms with Crippen LogP contribution in [0.25, 0.3) is 11.3 Å². The van der Waals surface area contributed by atoms with E-state index in [1.54, 1.807) is 6.26 Å². The molecule has 0 bridgehead atoms. The number of fused-ring (bicyclic) bond motifs is 3.